The average Bonchev–Trinajstić information content (AvgIpc) is 2.88. The Bertz CT molecular complexity index is 948. The molecule has 0 saturated carbocycles. The maximum absolute atomic E-state index is 12.1. The van der Waals surface area contributed by atoms with E-state index in [1.165, 1.54) is 11.1 Å². The maximum atomic E-state index is 12.1. The van der Waals surface area contributed by atoms with Crippen LogP contribution in [0.3, 0.4) is 0 Å². The van der Waals surface area contributed by atoms with Crippen molar-refractivity contribution >= 4 is 12.1 Å². The molecule has 1 amide bonds. The number of carbonyl (C=O) groups is 1. The number of nitrogens with one attached hydrogen (secondary N) is 1. The van der Waals surface area contributed by atoms with Gasteiger partial charge in [-0.05, 0) is 69.2 Å². The van der Waals surface area contributed by atoms with Gasteiger partial charge in [0.1, 0.15) is 0 Å². The fourth-order valence-electron chi connectivity index (χ4n) is 3.21. The normalized spacial score (nSPS) is 11.1. The van der Waals surface area contributed by atoms with Crippen LogP contribution in [0.5, 0.6) is 0 Å². The number of aromatic nitrogens is 1. The van der Waals surface area contributed by atoms with Crippen LogP contribution in [0.2, 0.25) is 0 Å². The molecule has 3 rings (SSSR count). The van der Waals surface area contributed by atoms with Crippen molar-refractivity contribution in [1.29, 1.82) is 0 Å². The summed E-state index contributed by atoms with van der Waals surface area (Å²) in [5.41, 5.74) is 9.98. The molecule has 4 nitrogen and oxygen atoms in total. The largest absolute Gasteiger partial charge is 0.318 e. The first kappa shape index (κ1) is 17.7. The highest BCUT2D eigenvalue weighted by molar-refractivity contribution is 5.94. The van der Waals surface area contributed by atoms with Crippen LogP contribution >= 0.6 is 0 Å². The van der Waals surface area contributed by atoms with E-state index in [1.807, 2.05) is 18.2 Å². The third-order valence-corrected chi connectivity index (χ3v) is 4.34. The monoisotopic (exact) mass is 345 g/mol. The van der Waals surface area contributed by atoms with E-state index in [2.05, 4.69) is 67.1 Å². The van der Waals surface area contributed by atoms with Gasteiger partial charge in [-0.3, -0.25) is 4.79 Å². The molecular weight excluding hydrogens is 322 g/mol. The molecule has 3 aromatic rings. The molecule has 1 N–H and O–H groups in total. The Morgan fingerprint density at radius 1 is 0.962 bits per heavy atom. The van der Waals surface area contributed by atoms with E-state index in [-0.39, 0.29) is 5.91 Å². The molecule has 4 heteroatoms. The Morgan fingerprint density at radius 3 is 2.27 bits per heavy atom. The second-order valence-corrected chi connectivity index (χ2v) is 6.57. The second kappa shape index (κ2) is 7.40. The number of hydrazone groups is 1. The van der Waals surface area contributed by atoms with Crippen LogP contribution in [0.1, 0.15) is 38.4 Å². The molecule has 1 heterocycles. The lowest BCUT2D eigenvalue weighted by atomic mass is 10.1. The smallest absolute Gasteiger partial charge is 0.271 e. The Labute approximate surface area is 154 Å². The summed E-state index contributed by atoms with van der Waals surface area (Å²) >= 11 is 0. The highest BCUT2D eigenvalue weighted by Crippen LogP contribution is 2.21. The summed E-state index contributed by atoms with van der Waals surface area (Å²) in [5, 5.41) is 4.12. The first-order valence-corrected chi connectivity index (χ1v) is 8.62. The third kappa shape index (κ3) is 3.75. The molecule has 0 fully saturated rings. The Hall–Kier alpha value is -3.14. The van der Waals surface area contributed by atoms with Gasteiger partial charge in [-0.25, -0.2) is 5.43 Å². The van der Waals surface area contributed by atoms with Crippen molar-refractivity contribution in [2.75, 3.05) is 0 Å². The zero-order valence-corrected chi connectivity index (χ0v) is 15.6. The first-order chi connectivity index (χ1) is 12.5. The lowest BCUT2D eigenvalue weighted by molar-refractivity contribution is 0.0955. The summed E-state index contributed by atoms with van der Waals surface area (Å²) in [6.07, 6.45) is 1.70. The van der Waals surface area contributed by atoms with Gasteiger partial charge in [0.2, 0.25) is 0 Å². The summed E-state index contributed by atoms with van der Waals surface area (Å²) in [7, 11) is 0. The van der Waals surface area contributed by atoms with E-state index < -0.39 is 0 Å². The van der Waals surface area contributed by atoms with Crippen molar-refractivity contribution in [3.63, 3.8) is 0 Å². The Morgan fingerprint density at radius 2 is 1.62 bits per heavy atom. The number of carbonyl (C=O) groups excluding carboxylic acids is 1. The Balaban J connectivity index is 1.83. The minimum atomic E-state index is -0.218. The molecule has 0 spiro atoms. The zero-order chi connectivity index (χ0) is 18.7. The molecule has 0 aliphatic heterocycles. The Kier molecular flexibility index (Phi) is 5.03. The van der Waals surface area contributed by atoms with E-state index in [1.54, 1.807) is 18.3 Å². The van der Waals surface area contributed by atoms with E-state index >= 15 is 0 Å². The highest BCUT2D eigenvalue weighted by Gasteiger charge is 2.10. The lowest BCUT2D eigenvalue weighted by Gasteiger charge is -2.11. The van der Waals surface area contributed by atoms with Crippen LogP contribution in [0.4, 0.5) is 0 Å². The minimum Gasteiger partial charge on any atom is -0.318 e. The van der Waals surface area contributed by atoms with E-state index in [9.17, 15) is 4.79 Å². The van der Waals surface area contributed by atoms with Crippen molar-refractivity contribution in [2.24, 2.45) is 5.10 Å². The van der Waals surface area contributed by atoms with Crippen LogP contribution in [0.15, 0.2) is 59.7 Å². The molecule has 0 unspecified atom stereocenters. The average molecular weight is 345 g/mol. The van der Waals surface area contributed by atoms with Gasteiger partial charge in [0.05, 0.1) is 6.21 Å². The summed E-state index contributed by atoms with van der Waals surface area (Å²) in [6, 6.07) is 17.6. The number of rotatable bonds is 4. The van der Waals surface area contributed by atoms with Gasteiger partial charge in [-0.2, -0.15) is 5.10 Å². The van der Waals surface area contributed by atoms with Crippen LogP contribution < -0.4 is 5.43 Å². The molecule has 2 aromatic carbocycles. The van der Waals surface area contributed by atoms with Crippen molar-refractivity contribution in [3.8, 4) is 5.69 Å². The molecule has 0 bridgehead atoms. The number of benzene rings is 2. The molecule has 0 aliphatic rings. The highest BCUT2D eigenvalue weighted by atomic mass is 16.2. The fraction of sp³-hybridized carbons (Fsp3) is 0.182. The summed E-state index contributed by atoms with van der Waals surface area (Å²) in [4.78, 5) is 12.1. The molecule has 26 heavy (non-hydrogen) atoms. The van der Waals surface area contributed by atoms with Gasteiger partial charge >= 0.3 is 0 Å². The number of aryl methyl sites for hydroxylation is 3. The predicted molar refractivity (Wildman–Crippen MR) is 106 cm³/mol. The summed E-state index contributed by atoms with van der Waals surface area (Å²) < 4.78 is 2.21. The SMILES string of the molecule is Cc1cc(C)cc(-n2c(C)cc(/C=N/NC(=O)c3ccccc3)c2C)c1. The molecule has 132 valence electrons. The molecule has 0 radical (unpaired) electrons. The fourth-order valence-corrected chi connectivity index (χ4v) is 3.21. The summed E-state index contributed by atoms with van der Waals surface area (Å²) in [5.74, 6) is -0.218. The zero-order valence-electron chi connectivity index (χ0n) is 15.6. The number of amides is 1. The van der Waals surface area contributed by atoms with Gasteiger partial charge in [0.15, 0.2) is 0 Å². The van der Waals surface area contributed by atoms with Gasteiger partial charge < -0.3 is 4.57 Å². The van der Waals surface area contributed by atoms with Crippen molar-refractivity contribution in [2.45, 2.75) is 27.7 Å². The van der Waals surface area contributed by atoms with E-state index in [4.69, 9.17) is 0 Å². The minimum absolute atomic E-state index is 0.218. The number of hydrogen-bond donors (Lipinski definition) is 1. The van der Waals surface area contributed by atoms with Crippen molar-refractivity contribution in [3.05, 3.63) is 88.2 Å². The third-order valence-electron chi connectivity index (χ3n) is 4.34. The maximum Gasteiger partial charge on any atom is 0.271 e. The second-order valence-electron chi connectivity index (χ2n) is 6.57. The van der Waals surface area contributed by atoms with Gasteiger partial charge in [-0.1, -0.05) is 24.3 Å². The van der Waals surface area contributed by atoms with Crippen LogP contribution in [-0.4, -0.2) is 16.7 Å². The van der Waals surface area contributed by atoms with Gasteiger partial charge in [0.25, 0.3) is 5.91 Å². The number of hydrogen-bond acceptors (Lipinski definition) is 2. The van der Waals surface area contributed by atoms with Crippen LogP contribution in [0, 0.1) is 27.7 Å². The first-order valence-electron chi connectivity index (χ1n) is 8.62. The number of nitrogens with zero attached hydrogens (tertiary/aromatic N) is 2. The van der Waals surface area contributed by atoms with Crippen LogP contribution in [0.25, 0.3) is 5.69 Å². The van der Waals surface area contributed by atoms with Gasteiger partial charge in [-0.15, -0.1) is 0 Å². The predicted octanol–water partition coefficient (Wildman–Crippen LogP) is 4.47. The molecule has 0 aliphatic carbocycles. The quantitative estimate of drug-likeness (QED) is 0.550. The molecule has 1 aromatic heterocycles. The van der Waals surface area contributed by atoms with Crippen molar-refractivity contribution < 1.29 is 4.79 Å². The van der Waals surface area contributed by atoms with Crippen molar-refractivity contribution in [1.82, 2.24) is 9.99 Å². The van der Waals surface area contributed by atoms with E-state index in [0.717, 1.165) is 22.6 Å². The van der Waals surface area contributed by atoms with Crippen LogP contribution in [-0.2, 0) is 0 Å². The molecule has 0 saturated heterocycles. The van der Waals surface area contributed by atoms with Gasteiger partial charge in [0, 0.05) is 28.2 Å². The standard InChI is InChI=1S/C22H23N3O/c1-15-10-16(2)12-21(11-15)25-17(3)13-20(18(25)4)14-23-24-22(26)19-8-6-5-7-9-19/h5-14H,1-4H3,(H,24,26)/b23-14+. The lowest BCUT2D eigenvalue weighted by Crippen LogP contribution is -2.17. The van der Waals surface area contributed by atoms with E-state index in [0.29, 0.717) is 5.56 Å². The molecular formula is C22H23N3O. The molecule has 0 atom stereocenters. The topological polar surface area (TPSA) is 46.4 Å². The summed E-state index contributed by atoms with van der Waals surface area (Å²) in [6.45, 7) is 8.34.